The number of hydrogen-bond acceptors (Lipinski definition) is 4. The van der Waals surface area contributed by atoms with Crippen LogP contribution < -0.4 is 10.6 Å². The molecule has 2 aromatic carbocycles. The summed E-state index contributed by atoms with van der Waals surface area (Å²) in [5, 5.41) is 12.6. The Labute approximate surface area is 171 Å². The minimum atomic E-state index is -4.80. The van der Waals surface area contributed by atoms with Gasteiger partial charge in [-0.2, -0.15) is 13.2 Å². The lowest BCUT2D eigenvalue weighted by Crippen LogP contribution is -2.32. The van der Waals surface area contributed by atoms with Gasteiger partial charge in [0.15, 0.2) is 0 Å². The minimum absolute atomic E-state index is 0.231. The fourth-order valence-corrected chi connectivity index (χ4v) is 2.90. The fraction of sp³-hybridized carbons (Fsp3) is 0.136. The standard InChI is InChI=1S/C22H19F3N4O/c1-13-5-3-4-6-17(13)16-9-14-7-8-15(10-18(14)28-12-16)21(30)29-20(27-2)11-19(26)22(23,24)25/h3-12,26-27H,1-2H3,(H,29,30)/b20-11+,26-19?. The van der Waals surface area contributed by atoms with Gasteiger partial charge in [0.2, 0.25) is 0 Å². The van der Waals surface area contributed by atoms with Crippen LogP contribution in [0, 0.1) is 12.3 Å². The third-order valence-electron chi connectivity index (χ3n) is 4.51. The van der Waals surface area contributed by atoms with E-state index in [0.29, 0.717) is 11.6 Å². The number of aromatic nitrogens is 1. The lowest BCUT2D eigenvalue weighted by Gasteiger charge is -2.12. The number of carbonyl (C=O) groups excluding carboxylic acids is 1. The molecule has 0 aliphatic carbocycles. The second-order valence-corrected chi connectivity index (χ2v) is 6.62. The first kappa shape index (κ1) is 21.0. The molecule has 8 heteroatoms. The summed E-state index contributed by atoms with van der Waals surface area (Å²) >= 11 is 0. The molecule has 0 unspecified atom stereocenters. The SMILES string of the molecule is CN/C(=C\C(=N)C(F)(F)F)NC(=O)c1ccc2cc(-c3ccccc3C)cnc2c1. The van der Waals surface area contributed by atoms with E-state index in [1.807, 2.05) is 37.3 Å². The number of allylic oxidation sites excluding steroid dienone is 1. The Morgan fingerprint density at radius 3 is 2.53 bits per heavy atom. The number of rotatable bonds is 5. The third-order valence-corrected chi connectivity index (χ3v) is 4.51. The molecule has 0 aliphatic rings. The number of hydrogen-bond donors (Lipinski definition) is 3. The molecule has 3 rings (SSSR count). The van der Waals surface area contributed by atoms with Gasteiger partial charge in [0, 0.05) is 35.8 Å². The van der Waals surface area contributed by atoms with Gasteiger partial charge in [-0.25, -0.2) is 0 Å². The molecular formula is C22H19F3N4O. The van der Waals surface area contributed by atoms with Gasteiger partial charge in [0.25, 0.3) is 5.91 Å². The summed E-state index contributed by atoms with van der Waals surface area (Å²) in [7, 11) is 1.35. The van der Waals surface area contributed by atoms with E-state index in [0.717, 1.165) is 22.1 Å². The van der Waals surface area contributed by atoms with Crippen molar-refractivity contribution in [2.45, 2.75) is 13.1 Å². The van der Waals surface area contributed by atoms with Crippen LogP contribution in [0.25, 0.3) is 22.0 Å². The maximum absolute atomic E-state index is 12.5. The van der Waals surface area contributed by atoms with Crippen molar-refractivity contribution >= 4 is 22.5 Å². The molecule has 0 saturated carbocycles. The second-order valence-electron chi connectivity index (χ2n) is 6.62. The van der Waals surface area contributed by atoms with E-state index in [1.165, 1.54) is 7.05 Å². The number of halogens is 3. The maximum Gasteiger partial charge on any atom is 0.432 e. The van der Waals surface area contributed by atoms with E-state index in [4.69, 9.17) is 5.41 Å². The Morgan fingerprint density at radius 1 is 1.13 bits per heavy atom. The maximum atomic E-state index is 12.5. The van der Waals surface area contributed by atoms with Crippen LogP contribution in [0.2, 0.25) is 0 Å². The molecule has 0 fully saturated rings. The van der Waals surface area contributed by atoms with E-state index >= 15 is 0 Å². The van der Waals surface area contributed by atoms with Crippen molar-refractivity contribution in [3.05, 3.63) is 77.8 Å². The number of carbonyl (C=O) groups is 1. The zero-order valence-electron chi connectivity index (χ0n) is 16.3. The molecule has 0 spiro atoms. The number of pyridine rings is 1. The normalized spacial score (nSPS) is 12.0. The molecule has 5 nitrogen and oxygen atoms in total. The quantitative estimate of drug-likeness (QED) is 0.537. The number of amides is 1. The van der Waals surface area contributed by atoms with Crippen LogP contribution in [0.4, 0.5) is 13.2 Å². The lowest BCUT2D eigenvalue weighted by atomic mass is 10.0. The number of nitrogens with one attached hydrogen (secondary N) is 3. The monoisotopic (exact) mass is 412 g/mol. The highest BCUT2D eigenvalue weighted by Crippen LogP contribution is 2.26. The Balaban J connectivity index is 1.85. The zero-order valence-corrected chi connectivity index (χ0v) is 16.3. The summed E-state index contributed by atoms with van der Waals surface area (Å²) < 4.78 is 37.6. The van der Waals surface area contributed by atoms with E-state index in [2.05, 4.69) is 15.6 Å². The van der Waals surface area contributed by atoms with Crippen LogP contribution in [0.3, 0.4) is 0 Å². The molecule has 0 atom stereocenters. The van der Waals surface area contributed by atoms with Crippen molar-refractivity contribution in [1.29, 1.82) is 5.41 Å². The minimum Gasteiger partial charge on any atom is -0.375 e. The lowest BCUT2D eigenvalue weighted by molar-refractivity contribution is -0.0584. The number of benzene rings is 2. The predicted molar refractivity (Wildman–Crippen MR) is 110 cm³/mol. The summed E-state index contributed by atoms with van der Waals surface area (Å²) in [6.07, 6.45) is -2.56. The highest BCUT2D eigenvalue weighted by molar-refractivity contribution is 6.01. The smallest absolute Gasteiger partial charge is 0.375 e. The summed E-state index contributed by atoms with van der Waals surface area (Å²) in [4.78, 5) is 16.9. The average molecular weight is 412 g/mol. The molecular weight excluding hydrogens is 393 g/mol. The number of nitrogens with zero attached hydrogens (tertiary/aromatic N) is 1. The van der Waals surface area contributed by atoms with Crippen molar-refractivity contribution < 1.29 is 18.0 Å². The molecule has 154 valence electrons. The Morgan fingerprint density at radius 2 is 1.87 bits per heavy atom. The molecule has 1 amide bonds. The summed E-state index contributed by atoms with van der Waals surface area (Å²) in [6.45, 7) is 2.01. The number of aryl methyl sites for hydroxylation is 1. The Kier molecular flexibility index (Phi) is 5.86. The Bertz CT molecular complexity index is 1150. The molecule has 0 aliphatic heterocycles. The summed E-state index contributed by atoms with van der Waals surface area (Å²) in [5.74, 6) is -0.845. The van der Waals surface area contributed by atoms with Gasteiger partial charge in [-0.15, -0.1) is 0 Å². The first-order chi connectivity index (χ1) is 14.2. The molecule has 0 bridgehead atoms. The van der Waals surface area contributed by atoms with Crippen molar-refractivity contribution in [3.8, 4) is 11.1 Å². The first-order valence-corrected chi connectivity index (χ1v) is 9.01. The number of alkyl halides is 3. The largest absolute Gasteiger partial charge is 0.432 e. The molecule has 3 aromatic rings. The van der Waals surface area contributed by atoms with Gasteiger partial charge in [-0.3, -0.25) is 15.2 Å². The van der Waals surface area contributed by atoms with Crippen LogP contribution in [0.5, 0.6) is 0 Å². The van der Waals surface area contributed by atoms with Gasteiger partial charge in [-0.05, 0) is 36.2 Å². The van der Waals surface area contributed by atoms with Gasteiger partial charge in [0.1, 0.15) is 11.5 Å². The zero-order chi connectivity index (χ0) is 21.9. The molecule has 0 radical (unpaired) electrons. The topological polar surface area (TPSA) is 77.9 Å². The third kappa shape index (κ3) is 4.65. The Hall–Kier alpha value is -3.68. The van der Waals surface area contributed by atoms with Gasteiger partial charge in [-0.1, -0.05) is 30.3 Å². The summed E-state index contributed by atoms with van der Waals surface area (Å²) in [5.41, 5.74) is 2.37. The van der Waals surface area contributed by atoms with Crippen LogP contribution in [-0.4, -0.2) is 29.8 Å². The summed E-state index contributed by atoms with van der Waals surface area (Å²) in [6, 6.07) is 14.8. The first-order valence-electron chi connectivity index (χ1n) is 9.01. The predicted octanol–water partition coefficient (Wildman–Crippen LogP) is 4.58. The number of fused-ring (bicyclic) bond motifs is 1. The van der Waals surface area contributed by atoms with Gasteiger partial charge in [0.05, 0.1) is 5.52 Å². The van der Waals surface area contributed by atoms with Crippen molar-refractivity contribution in [3.63, 3.8) is 0 Å². The fourth-order valence-electron chi connectivity index (χ4n) is 2.90. The van der Waals surface area contributed by atoms with Crippen LogP contribution in [0.1, 0.15) is 15.9 Å². The van der Waals surface area contributed by atoms with E-state index in [1.54, 1.807) is 24.4 Å². The van der Waals surface area contributed by atoms with E-state index in [-0.39, 0.29) is 11.4 Å². The van der Waals surface area contributed by atoms with Crippen LogP contribution in [-0.2, 0) is 0 Å². The molecule has 0 saturated heterocycles. The second kappa shape index (κ2) is 8.36. The molecule has 1 heterocycles. The highest BCUT2D eigenvalue weighted by Gasteiger charge is 2.33. The molecule has 3 N–H and O–H groups in total. The van der Waals surface area contributed by atoms with Crippen molar-refractivity contribution in [2.75, 3.05) is 7.05 Å². The molecule has 30 heavy (non-hydrogen) atoms. The average Bonchev–Trinajstić information content (AvgIpc) is 2.72. The van der Waals surface area contributed by atoms with E-state index < -0.39 is 17.8 Å². The van der Waals surface area contributed by atoms with E-state index in [9.17, 15) is 18.0 Å². The highest BCUT2D eigenvalue weighted by atomic mass is 19.4. The molecule has 1 aromatic heterocycles. The van der Waals surface area contributed by atoms with Gasteiger partial charge < -0.3 is 10.6 Å². The van der Waals surface area contributed by atoms with Crippen LogP contribution in [0.15, 0.2) is 66.6 Å². The van der Waals surface area contributed by atoms with Crippen molar-refractivity contribution in [2.24, 2.45) is 0 Å². The van der Waals surface area contributed by atoms with Crippen LogP contribution >= 0.6 is 0 Å². The van der Waals surface area contributed by atoms with Crippen molar-refractivity contribution in [1.82, 2.24) is 15.6 Å². The van der Waals surface area contributed by atoms with Gasteiger partial charge >= 0.3 is 6.18 Å².